The molecule has 6 N–H and O–H groups in total. The second kappa shape index (κ2) is 5.49. The van der Waals surface area contributed by atoms with Crippen molar-refractivity contribution in [2.45, 2.75) is 6.92 Å². The summed E-state index contributed by atoms with van der Waals surface area (Å²) < 4.78 is 0. The molecule has 0 unspecified atom stereocenters. The molecule has 0 radical (unpaired) electrons. The monoisotopic (exact) mass is 274 g/mol. The second-order valence-electron chi connectivity index (χ2n) is 3.77. The average Bonchev–Trinajstić information content (AvgIpc) is 2.75. The first-order chi connectivity index (χ1) is 9.06. The van der Waals surface area contributed by atoms with E-state index in [0.29, 0.717) is 5.69 Å². The summed E-state index contributed by atoms with van der Waals surface area (Å²) in [6, 6.07) is 7.60. The fourth-order valence-corrected chi connectivity index (χ4v) is 2.36. The number of benzene rings is 1. The van der Waals surface area contributed by atoms with E-state index in [-0.39, 0.29) is 11.9 Å². The molecule has 0 bridgehead atoms. The highest BCUT2D eigenvalue weighted by molar-refractivity contribution is 7.15. The number of nitrogens with zero attached hydrogens (tertiary/aromatic N) is 3. The van der Waals surface area contributed by atoms with Gasteiger partial charge in [0.15, 0.2) is 5.96 Å². The summed E-state index contributed by atoms with van der Waals surface area (Å²) in [7, 11) is 0. The number of thiazole rings is 1. The van der Waals surface area contributed by atoms with Crippen LogP contribution >= 0.6 is 11.3 Å². The first-order valence-corrected chi connectivity index (χ1v) is 6.33. The third-order valence-corrected chi connectivity index (χ3v) is 3.22. The summed E-state index contributed by atoms with van der Waals surface area (Å²) >= 11 is 1.59. The maximum atomic E-state index is 5.65. The van der Waals surface area contributed by atoms with Crippen LogP contribution in [0.15, 0.2) is 40.4 Å². The summed E-state index contributed by atoms with van der Waals surface area (Å²) in [6.45, 7) is 1.95. The molecule has 19 heavy (non-hydrogen) atoms. The molecule has 0 saturated heterocycles. The van der Waals surface area contributed by atoms with Gasteiger partial charge in [0.2, 0.25) is 5.96 Å². The van der Waals surface area contributed by atoms with Crippen LogP contribution in [0.2, 0.25) is 0 Å². The van der Waals surface area contributed by atoms with Gasteiger partial charge in [-0.15, -0.1) is 11.3 Å². The number of rotatable bonds is 2. The van der Waals surface area contributed by atoms with E-state index >= 15 is 0 Å². The van der Waals surface area contributed by atoms with Crippen LogP contribution in [0.4, 0.5) is 5.69 Å². The average molecular weight is 274 g/mol. The summed E-state index contributed by atoms with van der Waals surface area (Å²) in [5.41, 5.74) is 17.8. The molecule has 0 fully saturated rings. The van der Waals surface area contributed by atoms with Gasteiger partial charge in [-0.1, -0.05) is 18.2 Å². The Morgan fingerprint density at radius 1 is 1.21 bits per heavy atom. The van der Waals surface area contributed by atoms with Crippen molar-refractivity contribution < 1.29 is 0 Å². The first-order valence-electron chi connectivity index (χ1n) is 5.52. The topological polar surface area (TPSA) is 116 Å². The lowest BCUT2D eigenvalue weighted by Crippen LogP contribution is -2.26. The maximum Gasteiger partial charge on any atom is 0.223 e. The van der Waals surface area contributed by atoms with Crippen molar-refractivity contribution in [3.63, 3.8) is 0 Å². The molecule has 0 spiro atoms. The van der Waals surface area contributed by atoms with Gasteiger partial charge in [0.05, 0.1) is 15.6 Å². The van der Waals surface area contributed by atoms with E-state index in [1.54, 1.807) is 11.3 Å². The lowest BCUT2D eigenvalue weighted by atomic mass is 10.1. The van der Waals surface area contributed by atoms with Crippen LogP contribution in [-0.4, -0.2) is 16.9 Å². The molecular formula is C12H14N6S. The minimum absolute atomic E-state index is 0.0219. The van der Waals surface area contributed by atoms with Crippen LogP contribution < -0.4 is 17.2 Å². The second-order valence-corrected chi connectivity index (χ2v) is 5.00. The zero-order valence-corrected chi connectivity index (χ0v) is 11.2. The third-order valence-electron chi connectivity index (χ3n) is 2.27. The Morgan fingerprint density at radius 3 is 2.58 bits per heavy atom. The lowest BCUT2D eigenvalue weighted by molar-refractivity contribution is 1.30. The maximum absolute atomic E-state index is 5.65. The Hall–Kier alpha value is -2.41. The van der Waals surface area contributed by atoms with E-state index in [1.165, 1.54) is 0 Å². The van der Waals surface area contributed by atoms with Gasteiger partial charge in [0.1, 0.15) is 0 Å². The number of hydrogen-bond acceptors (Lipinski definition) is 3. The molecule has 2 aromatic rings. The highest BCUT2D eigenvalue weighted by atomic mass is 32.1. The van der Waals surface area contributed by atoms with Gasteiger partial charge in [0, 0.05) is 11.8 Å². The number of hydrogen-bond donors (Lipinski definition) is 3. The molecule has 7 heteroatoms. The molecule has 0 aliphatic rings. The molecule has 2 rings (SSSR count). The van der Waals surface area contributed by atoms with Gasteiger partial charge in [-0.05, 0) is 13.0 Å². The molecule has 1 aromatic carbocycles. The standard InChI is InChI=1S/C12H14N6S/c1-7-16-6-10(19-7)8-4-2-3-5-9(8)17-12(15)18-11(13)14/h2-6H,1H3,(H6,13,14,15,17,18). The van der Waals surface area contributed by atoms with E-state index in [0.717, 1.165) is 15.4 Å². The molecule has 98 valence electrons. The summed E-state index contributed by atoms with van der Waals surface area (Å²) in [4.78, 5) is 13.2. The molecule has 0 aliphatic heterocycles. The molecule has 1 heterocycles. The van der Waals surface area contributed by atoms with Gasteiger partial charge in [-0.3, -0.25) is 0 Å². The fraction of sp³-hybridized carbons (Fsp3) is 0.0833. The number of aromatic nitrogens is 1. The molecular weight excluding hydrogens is 260 g/mol. The quantitative estimate of drug-likeness (QED) is 0.566. The molecule has 1 aromatic heterocycles. The Morgan fingerprint density at radius 2 is 1.95 bits per heavy atom. The van der Waals surface area contributed by atoms with Crippen LogP contribution in [0.25, 0.3) is 10.4 Å². The molecule has 0 saturated carbocycles. The number of aryl methyl sites for hydroxylation is 1. The van der Waals surface area contributed by atoms with Crippen molar-refractivity contribution in [2.75, 3.05) is 0 Å². The smallest absolute Gasteiger partial charge is 0.223 e. The van der Waals surface area contributed by atoms with E-state index < -0.39 is 0 Å². The highest BCUT2D eigenvalue weighted by Gasteiger charge is 2.07. The minimum Gasteiger partial charge on any atom is -0.370 e. The van der Waals surface area contributed by atoms with Crippen molar-refractivity contribution >= 4 is 28.9 Å². The number of aliphatic imine (C=N–C) groups is 2. The van der Waals surface area contributed by atoms with Crippen LogP contribution in [0.1, 0.15) is 5.01 Å². The Labute approximate surface area is 114 Å². The van der Waals surface area contributed by atoms with Crippen molar-refractivity contribution in [1.82, 2.24) is 4.98 Å². The third kappa shape index (κ3) is 3.29. The van der Waals surface area contributed by atoms with Crippen molar-refractivity contribution in [2.24, 2.45) is 27.2 Å². The Balaban J connectivity index is 2.45. The molecule has 0 atom stereocenters. The highest BCUT2D eigenvalue weighted by Crippen LogP contribution is 2.33. The van der Waals surface area contributed by atoms with E-state index in [2.05, 4.69) is 15.0 Å². The number of guanidine groups is 2. The molecule has 0 amide bonds. The number of nitrogens with two attached hydrogens (primary N) is 3. The zero-order valence-electron chi connectivity index (χ0n) is 10.4. The Bertz CT molecular complexity index is 639. The Kier molecular flexibility index (Phi) is 3.76. The van der Waals surface area contributed by atoms with Gasteiger partial charge in [0.25, 0.3) is 0 Å². The SMILES string of the molecule is Cc1ncc(-c2ccccc2N=C(N)N=C(N)N)s1. The lowest BCUT2D eigenvalue weighted by Gasteiger charge is -2.02. The zero-order chi connectivity index (χ0) is 13.8. The van der Waals surface area contributed by atoms with Crippen LogP contribution in [-0.2, 0) is 0 Å². The van der Waals surface area contributed by atoms with Crippen LogP contribution in [0.3, 0.4) is 0 Å². The van der Waals surface area contributed by atoms with Gasteiger partial charge >= 0.3 is 0 Å². The van der Waals surface area contributed by atoms with Gasteiger partial charge in [-0.25, -0.2) is 9.98 Å². The summed E-state index contributed by atoms with van der Waals surface area (Å²) in [6.07, 6.45) is 1.81. The van der Waals surface area contributed by atoms with Gasteiger partial charge < -0.3 is 17.2 Å². The predicted octanol–water partition coefficient (Wildman–Crippen LogP) is 1.34. The summed E-state index contributed by atoms with van der Waals surface area (Å²) in [5.74, 6) is -0.0962. The first kappa shape index (κ1) is 13.0. The van der Waals surface area contributed by atoms with Gasteiger partial charge in [-0.2, -0.15) is 4.99 Å². The van der Waals surface area contributed by atoms with Crippen molar-refractivity contribution in [3.05, 3.63) is 35.5 Å². The van der Waals surface area contributed by atoms with E-state index in [4.69, 9.17) is 17.2 Å². The van der Waals surface area contributed by atoms with Crippen LogP contribution in [0.5, 0.6) is 0 Å². The minimum atomic E-state index is -0.118. The summed E-state index contributed by atoms with van der Waals surface area (Å²) in [5, 5.41) is 0.992. The van der Waals surface area contributed by atoms with Crippen molar-refractivity contribution in [3.8, 4) is 10.4 Å². The molecule has 6 nitrogen and oxygen atoms in total. The predicted molar refractivity (Wildman–Crippen MR) is 79.4 cm³/mol. The van der Waals surface area contributed by atoms with Crippen LogP contribution in [0, 0.1) is 6.92 Å². The number of para-hydroxylation sites is 1. The molecule has 0 aliphatic carbocycles. The van der Waals surface area contributed by atoms with Crippen molar-refractivity contribution in [1.29, 1.82) is 0 Å². The van der Waals surface area contributed by atoms with E-state index in [9.17, 15) is 0 Å². The normalized spacial score (nSPS) is 11.3. The largest absolute Gasteiger partial charge is 0.370 e. The fourth-order valence-electron chi connectivity index (χ4n) is 1.55. The van der Waals surface area contributed by atoms with E-state index in [1.807, 2.05) is 37.4 Å².